The van der Waals surface area contributed by atoms with Crippen LogP contribution < -0.4 is 4.90 Å². The summed E-state index contributed by atoms with van der Waals surface area (Å²) in [5, 5.41) is 0.420. The Morgan fingerprint density at radius 2 is 2.29 bits per heavy atom. The van der Waals surface area contributed by atoms with Crippen molar-refractivity contribution in [2.75, 3.05) is 18.6 Å². The Bertz CT molecular complexity index is 402. The highest BCUT2D eigenvalue weighted by Gasteiger charge is 2.30. The van der Waals surface area contributed by atoms with Crippen LogP contribution in [-0.2, 0) is 10.6 Å². The minimum atomic E-state index is 0.192. The van der Waals surface area contributed by atoms with Crippen molar-refractivity contribution in [1.29, 1.82) is 0 Å². The summed E-state index contributed by atoms with van der Waals surface area (Å²) in [7, 11) is 1.99. The highest BCUT2D eigenvalue weighted by atomic mass is 35.5. The number of likely N-dealkylation sites (N-methyl/N-ethyl adjacent to an activating group) is 1. The average molecular weight is 276 g/mol. The van der Waals surface area contributed by atoms with E-state index in [1.165, 1.54) is 6.33 Å². The van der Waals surface area contributed by atoms with E-state index in [9.17, 15) is 0 Å². The summed E-state index contributed by atoms with van der Waals surface area (Å²) in [5.74, 6) is 1.10. The predicted octanol–water partition coefficient (Wildman–Crippen LogP) is 2.48. The molecule has 2 rings (SSSR count). The van der Waals surface area contributed by atoms with Crippen LogP contribution in [0.15, 0.2) is 6.33 Å². The van der Waals surface area contributed by atoms with Crippen molar-refractivity contribution in [3.63, 3.8) is 0 Å². The minimum absolute atomic E-state index is 0.192. The lowest BCUT2D eigenvalue weighted by Gasteiger charge is -2.29. The fourth-order valence-electron chi connectivity index (χ4n) is 2.19. The molecule has 1 fully saturated rings. The highest BCUT2D eigenvalue weighted by molar-refractivity contribution is 6.31. The quantitative estimate of drug-likeness (QED) is 0.628. The number of hydrogen-bond acceptors (Lipinski definition) is 4. The first-order chi connectivity index (χ1) is 8.15. The van der Waals surface area contributed by atoms with Crippen molar-refractivity contribution in [2.24, 2.45) is 0 Å². The van der Waals surface area contributed by atoms with Crippen molar-refractivity contribution >= 4 is 29.0 Å². The lowest BCUT2D eigenvalue weighted by Crippen LogP contribution is -2.37. The van der Waals surface area contributed by atoms with E-state index in [0.29, 0.717) is 17.1 Å². The van der Waals surface area contributed by atoms with Crippen LogP contribution in [0.4, 0.5) is 5.82 Å². The van der Waals surface area contributed by atoms with Gasteiger partial charge < -0.3 is 9.64 Å². The minimum Gasteiger partial charge on any atom is -0.376 e. The zero-order valence-corrected chi connectivity index (χ0v) is 11.4. The summed E-state index contributed by atoms with van der Waals surface area (Å²) in [6.45, 7) is 2.85. The van der Waals surface area contributed by atoms with Crippen LogP contribution in [0.1, 0.15) is 18.9 Å². The van der Waals surface area contributed by atoms with Gasteiger partial charge >= 0.3 is 0 Å². The average Bonchev–Trinajstić information content (AvgIpc) is 2.74. The van der Waals surface area contributed by atoms with Crippen LogP contribution in [0.5, 0.6) is 0 Å². The van der Waals surface area contributed by atoms with Gasteiger partial charge in [-0.3, -0.25) is 0 Å². The second kappa shape index (κ2) is 5.38. The molecule has 0 radical (unpaired) electrons. The van der Waals surface area contributed by atoms with Crippen molar-refractivity contribution < 1.29 is 4.74 Å². The molecule has 1 aromatic rings. The molecule has 2 unspecified atom stereocenters. The van der Waals surface area contributed by atoms with E-state index in [0.717, 1.165) is 24.4 Å². The van der Waals surface area contributed by atoms with Gasteiger partial charge in [0, 0.05) is 19.2 Å². The molecule has 0 aromatic carbocycles. The summed E-state index contributed by atoms with van der Waals surface area (Å²) < 4.78 is 5.56. The first kappa shape index (κ1) is 12.9. The van der Waals surface area contributed by atoms with Gasteiger partial charge in [0.2, 0.25) is 0 Å². The summed E-state index contributed by atoms with van der Waals surface area (Å²) in [6.07, 6.45) is 2.64. The lowest BCUT2D eigenvalue weighted by molar-refractivity contribution is 0.118. The van der Waals surface area contributed by atoms with Crippen molar-refractivity contribution in [2.45, 2.75) is 31.4 Å². The van der Waals surface area contributed by atoms with Crippen molar-refractivity contribution in [1.82, 2.24) is 9.97 Å². The lowest BCUT2D eigenvalue weighted by atomic mass is 10.1. The highest BCUT2D eigenvalue weighted by Crippen LogP contribution is 2.29. The summed E-state index contributed by atoms with van der Waals surface area (Å²) in [4.78, 5) is 10.3. The van der Waals surface area contributed by atoms with Crippen LogP contribution >= 0.6 is 23.2 Å². The normalized spacial score (nSPS) is 24.0. The van der Waals surface area contributed by atoms with Gasteiger partial charge in [-0.1, -0.05) is 11.6 Å². The monoisotopic (exact) mass is 275 g/mol. The number of rotatable bonds is 3. The molecule has 17 heavy (non-hydrogen) atoms. The summed E-state index contributed by atoms with van der Waals surface area (Å²) in [6, 6.07) is 0.308. The SMILES string of the molecule is CC1OCCC1N(C)c1ncnc(Cl)c1CCl. The summed E-state index contributed by atoms with van der Waals surface area (Å²) in [5.41, 5.74) is 0.775. The Balaban J connectivity index is 2.30. The number of aromatic nitrogens is 2. The number of nitrogens with zero attached hydrogens (tertiary/aromatic N) is 3. The van der Waals surface area contributed by atoms with Crippen LogP contribution in [0.2, 0.25) is 5.15 Å². The molecule has 2 heterocycles. The van der Waals surface area contributed by atoms with E-state index in [-0.39, 0.29) is 6.10 Å². The zero-order valence-electron chi connectivity index (χ0n) is 9.86. The number of anilines is 1. The van der Waals surface area contributed by atoms with Gasteiger partial charge in [-0.15, -0.1) is 11.6 Å². The second-order valence-electron chi connectivity index (χ2n) is 4.14. The van der Waals surface area contributed by atoms with E-state index >= 15 is 0 Å². The Hall–Kier alpha value is -0.580. The zero-order chi connectivity index (χ0) is 12.4. The van der Waals surface area contributed by atoms with Crippen LogP contribution in [0.3, 0.4) is 0 Å². The topological polar surface area (TPSA) is 38.2 Å². The third-order valence-electron chi connectivity index (χ3n) is 3.17. The molecular formula is C11H15Cl2N3O. The van der Waals surface area contributed by atoms with Gasteiger partial charge in [-0.25, -0.2) is 9.97 Å². The van der Waals surface area contributed by atoms with Crippen LogP contribution in [-0.4, -0.2) is 35.8 Å². The molecule has 1 saturated heterocycles. The largest absolute Gasteiger partial charge is 0.376 e. The standard InChI is InChI=1S/C11H15Cl2N3O/c1-7-9(3-4-17-7)16(2)11-8(5-12)10(13)14-6-15-11/h6-7,9H,3-5H2,1-2H3. The van der Waals surface area contributed by atoms with Gasteiger partial charge in [-0.05, 0) is 13.3 Å². The predicted molar refractivity (Wildman–Crippen MR) is 68.8 cm³/mol. The van der Waals surface area contributed by atoms with Gasteiger partial charge in [0.1, 0.15) is 17.3 Å². The van der Waals surface area contributed by atoms with E-state index in [4.69, 9.17) is 27.9 Å². The molecule has 1 aromatic heterocycles. The smallest absolute Gasteiger partial charge is 0.138 e. The Morgan fingerprint density at radius 3 is 2.88 bits per heavy atom. The molecule has 6 heteroatoms. The molecule has 94 valence electrons. The molecule has 0 saturated carbocycles. The van der Waals surface area contributed by atoms with Crippen molar-refractivity contribution in [3.05, 3.63) is 17.0 Å². The van der Waals surface area contributed by atoms with Gasteiger partial charge in [0.05, 0.1) is 18.0 Å². The fraction of sp³-hybridized carbons (Fsp3) is 0.636. The fourth-order valence-corrected chi connectivity index (χ4v) is 2.70. The maximum Gasteiger partial charge on any atom is 0.138 e. The number of hydrogen-bond donors (Lipinski definition) is 0. The first-order valence-electron chi connectivity index (χ1n) is 5.55. The van der Waals surface area contributed by atoms with E-state index in [1.54, 1.807) is 0 Å². The summed E-state index contributed by atoms with van der Waals surface area (Å²) >= 11 is 11.9. The Kier molecular flexibility index (Phi) is 4.07. The molecule has 0 bridgehead atoms. The van der Waals surface area contributed by atoms with Gasteiger partial charge in [-0.2, -0.15) is 0 Å². The van der Waals surface area contributed by atoms with Gasteiger partial charge in [0.25, 0.3) is 0 Å². The molecule has 2 atom stereocenters. The van der Waals surface area contributed by atoms with Crippen LogP contribution in [0.25, 0.3) is 0 Å². The van der Waals surface area contributed by atoms with E-state index in [1.807, 2.05) is 7.05 Å². The third-order valence-corrected chi connectivity index (χ3v) is 3.76. The maximum absolute atomic E-state index is 6.02. The molecule has 0 N–H and O–H groups in total. The first-order valence-corrected chi connectivity index (χ1v) is 6.46. The molecule has 1 aliphatic rings. The molecule has 1 aliphatic heterocycles. The Morgan fingerprint density at radius 1 is 1.53 bits per heavy atom. The number of alkyl halides is 1. The maximum atomic E-state index is 6.02. The van der Waals surface area contributed by atoms with E-state index in [2.05, 4.69) is 21.8 Å². The molecule has 0 spiro atoms. The van der Waals surface area contributed by atoms with E-state index < -0.39 is 0 Å². The second-order valence-corrected chi connectivity index (χ2v) is 4.77. The van der Waals surface area contributed by atoms with Crippen LogP contribution in [0, 0.1) is 0 Å². The third kappa shape index (κ3) is 2.49. The molecule has 0 amide bonds. The number of halogens is 2. The Labute approximate surface area is 111 Å². The molecule has 0 aliphatic carbocycles. The molecule has 4 nitrogen and oxygen atoms in total. The van der Waals surface area contributed by atoms with Gasteiger partial charge in [0.15, 0.2) is 0 Å². The van der Waals surface area contributed by atoms with Crippen molar-refractivity contribution in [3.8, 4) is 0 Å². The molecular weight excluding hydrogens is 261 g/mol. The number of ether oxygens (including phenoxy) is 1.